The van der Waals surface area contributed by atoms with Crippen molar-refractivity contribution in [3.05, 3.63) is 89.4 Å². The zero-order valence-electron chi connectivity index (χ0n) is 27.5. The molecular weight excluding hydrogens is 610 g/mol. The van der Waals surface area contributed by atoms with E-state index < -0.39 is 12.1 Å². The normalized spacial score (nSPS) is 18.0. The fourth-order valence-electron chi connectivity index (χ4n) is 6.20. The SMILES string of the molecule is Cc1nc2n(n1)CCN(C(=O)c1ccc(Cn3cnnn3)cc1)CCCC(=O)N[C@H](Cc1c[nH]c3ccccc13)C(=O)N[C@H]2CC(C)C. The molecule has 0 bridgehead atoms. The standard InChI is InChI=1S/C34H41N11O3/c1-22(2)17-29-32-37-23(3)40-45(32)16-15-43(34(48)25-12-10-24(11-13-25)20-44-21-36-41-42-44)14-6-9-31(46)38-30(33(47)39-29)18-26-19-35-28-8-5-4-7-27(26)28/h4-5,7-8,10-13,19,21-22,29-30,35H,6,9,14-18,20H2,1-3H3,(H,38,46)(H,39,47)/t29-,30+/m0/s1. The van der Waals surface area contributed by atoms with E-state index >= 15 is 0 Å². The quantitative estimate of drug-likeness (QED) is 0.241. The van der Waals surface area contributed by atoms with Crippen LogP contribution in [0.1, 0.15) is 72.3 Å². The number of aromatic nitrogens is 8. The number of hydrogen-bond acceptors (Lipinski definition) is 8. The molecule has 1 aliphatic rings. The Bertz CT molecular complexity index is 1860. The Hall–Kier alpha value is -5.40. The number of para-hydroxylation sites is 1. The molecule has 6 rings (SSSR count). The summed E-state index contributed by atoms with van der Waals surface area (Å²) in [5, 5.41) is 23.1. The maximum Gasteiger partial charge on any atom is 0.253 e. The van der Waals surface area contributed by atoms with Gasteiger partial charge in [-0.05, 0) is 65.4 Å². The first-order valence-electron chi connectivity index (χ1n) is 16.4. The fraction of sp³-hybridized carbons (Fsp3) is 0.412. The van der Waals surface area contributed by atoms with Gasteiger partial charge in [-0.2, -0.15) is 5.10 Å². The van der Waals surface area contributed by atoms with Gasteiger partial charge in [-0.1, -0.05) is 44.2 Å². The molecule has 0 unspecified atom stereocenters. The van der Waals surface area contributed by atoms with E-state index in [1.807, 2.05) is 49.5 Å². The van der Waals surface area contributed by atoms with Crippen molar-refractivity contribution in [2.24, 2.45) is 5.92 Å². The third-order valence-corrected chi connectivity index (χ3v) is 8.53. The van der Waals surface area contributed by atoms with Crippen molar-refractivity contribution in [3.63, 3.8) is 0 Å². The Morgan fingerprint density at radius 3 is 2.58 bits per heavy atom. The number of tetrazole rings is 1. The highest BCUT2D eigenvalue weighted by atomic mass is 16.2. The number of amides is 3. The van der Waals surface area contributed by atoms with Gasteiger partial charge in [0.25, 0.3) is 5.91 Å². The largest absolute Gasteiger partial charge is 0.361 e. The van der Waals surface area contributed by atoms with Gasteiger partial charge in [-0.3, -0.25) is 14.4 Å². The molecule has 2 atom stereocenters. The van der Waals surface area contributed by atoms with E-state index in [1.54, 1.807) is 26.4 Å². The topological polar surface area (TPSA) is 169 Å². The summed E-state index contributed by atoms with van der Waals surface area (Å²) in [6.45, 7) is 7.58. The number of benzene rings is 2. The van der Waals surface area contributed by atoms with E-state index in [4.69, 9.17) is 4.98 Å². The molecule has 250 valence electrons. The molecule has 14 heteroatoms. The Kier molecular flexibility index (Phi) is 9.88. The van der Waals surface area contributed by atoms with Gasteiger partial charge in [0.05, 0.1) is 19.1 Å². The summed E-state index contributed by atoms with van der Waals surface area (Å²) >= 11 is 0. The van der Waals surface area contributed by atoms with Crippen molar-refractivity contribution in [1.29, 1.82) is 0 Å². The van der Waals surface area contributed by atoms with E-state index in [9.17, 15) is 14.4 Å². The summed E-state index contributed by atoms with van der Waals surface area (Å²) in [6, 6.07) is 14.0. The minimum atomic E-state index is -0.809. The van der Waals surface area contributed by atoms with Crippen molar-refractivity contribution in [3.8, 4) is 0 Å². The van der Waals surface area contributed by atoms with Crippen LogP contribution in [0.4, 0.5) is 0 Å². The minimum absolute atomic E-state index is 0.140. The summed E-state index contributed by atoms with van der Waals surface area (Å²) in [7, 11) is 0. The van der Waals surface area contributed by atoms with Crippen molar-refractivity contribution >= 4 is 28.6 Å². The zero-order chi connectivity index (χ0) is 33.6. The molecule has 0 radical (unpaired) electrons. The number of hydrogen-bond donors (Lipinski definition) is 3. The summed E-state index contributed by atoms with van der Waals surface area (Å²) in [5.74, 6) is 0.789. The lowest BCUT2D eigenvalue weighted by Gasteiger charge is -2.27. The molecule has 14 nitrogen and oxygen atoms in total. The predicted molar refractivity (Wildman–Crippen MR) is 178 cm³/mol. The van der Waals surface area contributed by atoms with Crippen LogP contribution in [0.2, 0.25) is 0 Å². The molecule has 0 spiro atoms. The second-order valence-electron chi connectivity index (χ2n) is 12.7. The summed E-state index contributed by atoms with van der Waals surface area (Å²) < 4.78 is 3.41. The molecule has 0 saturated carbocycles. The molecular formula is C34H41N11O3. The minimum Gasteiger partial charge on any atom is -0.361 e. The average Bonchev–Trinajstić information content (AvgIpc) is 3.82. The fourth-order valence-corrected chi connectivity index (χ4v) is 6.20. The first kappa shape index (κ1) is 32.5. The number of rotatable bonds is 7. The molecule has 0 fully saturated rings. The first-order chi connectivity index (χ1) is 23.2. The Morgan fingerprint density at radius 2 is 1.81 bits per heavy atom. The average molecular weight is 652 g/mol. The van der Waals surface area contributed by atoms with Crippen LogP contribution in [0, 0.1) is 12.8 Å². The second kappa shape index (κ2) is 14.6. The van der Waals surface area contributed by atoms with Crippen LogP contribution in [-0.2, 0) is 29.1 Å². The van der Waals surface area contributed by atoms with Crippen LogP contribution in [0.5, 0.6) is 0 Å². The number of fused-ring (bicyclic) bond motifs is 2. The lowest BCUT2D eigenvalue weighted by atomic mass is 10.0. The van der Waals surface area contributed by atoms with Gasteiger partial charge in [0.1, 0.15) is 24.0 Å². The molecule has 48 heavy (non-hydrogen) atoms. The Morgan fingerprint density at radius 1 is 1.00 bits per heavy atom. The van der Waals surface area contributed by atoms with E-state index in [2.05, 4.69) is 50.1 Å². The molecule has 4 heterocycles. The third kappa shape index (κ3) is 7.76. The number of aryl methyl sites for hydroxylation is 1. The third-order valence-electron chi connectivity index (χ3n) is 8.53. The number of aromatic amines is 1. The number of nitrogens with one attached hydrogen (secondary N) is 3. The monoisotopic (exact) mass is 651 g/mol. The van der Waals surface area contributed by atoms with Crippen molar-refractivity contribution in [2.75, 3.05) is 13.1 Å². The highest BCUT2D eigenvalue weighted by Gasteiger charge is 2.29. The Labute approximate surface area is 278 Å². The van der Waals surface area contributed by atoms with Gasteiger partial charge >= 0.3 is 0 Å². The maximum absolute atomic E-state index is 14.0. The van der Waals surface area contributed by atoms with Gasteiger partial charge in [-0.25, -0.2) is 14.3 Å². The van der Waals surface area contributed by atoms with Crippen LogP contribution < -0.4 is 10.6 Å². The van der Waals surface area contributed by atoms with Crippen molar-refractivity contribution in [1.82, 2.24) is 55.5 Å². The predicted octanol–water partition coefficient (Wildman–Crippen LogP) is 2.97. The summed E-state index contributed by atoms with van der Waals surface area (Å²) in [6.07, 6.45) is 4.96. The van der Waals surface area contributed by atoms with Crippen molar-refractivity contribution < 1.29 is 14.4 Å². The van der Waals surface area contributed by atoms with Crippen LogP contribution >= 0.6 is 0 Å². The lowest BCUT2D eigenvalue weighted by molar-refractivity contribution is -0.129. The molecule has 1 aliphatic heterocycles. The molecule has 0 saturated heterocycles. The second-order valence-corrected chi connectivity index (χ2v) is 12.7. The highest BCUT2D eigenvalue weighted by Crippen LogP contribution is 2.23. The number of nitrogens with zero attached hydrogens (tertiary/aromatic N) is 8. The van der Waals surface area contributed by atoms with Crippen LogP contribution in [0.3, 0.4) is 0 Å². The lowest BCUT2D eigenvalue weighted by Crippen LogP contribution is -2.49. The van der Waals surface area contributed by atoms with Crippen molar-refractivity contribution in [2.45, 2.75) is 71.6 Å². The summed E-state index contributed by atoms with van der Waals surface area (Å²) in [4.78, 5) is 50.9. The number of H-pyrrole nitrogens is 1. The van der Waals surface area contributed by atoms with Gasteiger partial charge in [0.2, 0.25) is 11.8 Å². The molecule has 3 N–H and O–H groups in total. The van der Waals surface area contributed by atoms with E-state index in [0.717, 1.165) is 22.0 Å². The first-order valence-corrected chi connectivity index (χ1v) is 16.4. The highest BCUT2D eigenvalue weighted by molar-refractivity contribution is 5.94. The van der Waals surface area contributed by atoms with Crippen LogP contribution in [0.25, 0.3) is 10.9 Å². The van der Waals surface area contributed by atoms with E-state index in [0.29, 0.717) is 62.7 Å². The van der Waals surface area contributed by atoms with E-state index in [1.165, 1.54) is 6.33 Å². The molecule has 3 amide bonds. The molecule has 3 aromatic heterocycles. The number of carbonyl (C=O) groups excluding carboxylic acids is 3. The Balaban J connectivity index is 1.26. The number of carbonyl (C=O) groups is 3. The molecule has 2 aromatic carbocycles. The maximum atomic E-state index is 14.0. The van der Waals surface area contributed by atoms with Gasteiger partial charge in [0, 0.05) is 48.6 Å². The van der Waals surface area contributed by atoms with E-state index in [-0.39, 0.29) is 30.1 Å². The van der Waals surface area contributed by atoms with Gasteiger partial charge in [0.15, 0.2) is 0 Å². The molecule has 0 aliphatic carbocycles. The smallest absolute Gasteiger partial charge is 0.253 e. The van der Waals surface area contributed by atoms with Gasteiger partial charge < -0.3 is 20.5 Å². The molecule has 5 aromatic rings. The van der Waals surface area contributed by atoms with Gasteiger partial charge in [-0.15, -0.1) is 5.10 Å². The van der Waals surface area contributed by atoms with Crippen LogP contribution in [-0.4, -0.2) is 81.7 Å². The summed E-state index contributed by atoms with van der Waals surface area (Å²) in [5.41, 5.74) is 3.40. The zero-order valence-corrected chi connectivity index (χ0v) is 27.5. The van der Waals surface area contributed by atoms with Crippen LogP contribution in [0.15, 0.2) is 61.1 Å².